The van der Waals surface area contributed by atoms with E-state index in [2.05, 4.69) is 29.2 Å². The highest BCUT2D eigenvalue weighted by atomic mass is 16.5. The lowest BCUT2D eigenvalue weighted by atomic mass is 10.1. The second kappa shape index (κ2) is 8.73. The molecule has 0 bridgehead atoms. The van der Waals surface area contributed by atoms with Gasteiger partial charge in [0.15, 0.2) is 0 Å². The smallest absolute Gasteiger partial charge is 0.119 e. The minimum atomic E-state index is 0.637. The van der Waals surface area contributed by atoms with Gasteiger partial charge in [-0.25, -0.2) is 0 Å². The highest BCUT2D eigenvalue weighted by molar-refractivity contribution is 5.24. The molecule has 122 valence electrons. The van der Waals surface area contributed by atoms with E-state index in [9.17, 15) is 0 Å². The maximum atomic E-state index is 5.79. The van der Waals surface area contributed by atoms with E-state index >= 15 is 0 Å². The fourth-order valence-electron chi connectivity index (χ4n) is 3.18. The molecule has 1 heterocycles. The normalized spacial score (nSPS) is 15.5. The number of rotatable bonds is 7. The first-order valence-electron chi connectivity index (χ1n) is 8.88. The summed E-state index contributed by atoms with van der Waals surface area (Å²) in [6.07, 6.45) is 6.63. The Hall–Kier alpha value is -1.80. The van der Waals surface area contributed by atoms with Crippen molar-refractivity contribution < 1.29 is 4.74 Å². The predicted octanol–water partition coefficient (Wildman–Crippen LogP) is 4.68. The monoisotopic (exact) mass is 309 g/mol. The van der Waals surface area contributed by atoms with E-state index in [0.717, 1.165) is 5.75 Å². The van der Waals surface area contributed by atoms with Gasteiger partial charge in [0.2, 0.25) is 0 Å². The zero-order valence-electron chi connectivity index (χ0n) is 13.9. The quantitative estimate of drug-likeness (QED) is 0.736. The second-order valence-electron chi connectivity index (χ2n) is 6.42. The number of likely N-dealkylation sites (tertiary alicyclic amines) is 1. The van der Waals surface area contributed by atoms with Gasteiger partial charge in [-0.2, -0.15) is 0 Å². The number of hydrogen-bond acceptors (Lipinski definition) is 2. The molecule has 23 heavy (non-hydrogen) atoms. The van der Waals surface area contributed by atoms with Crippen molar-refractivity contribution in [3.05, 3.63) is 65.7 Å². The summed E-state index contributed by atoms with van der Waals surface area (Å²) in [4.78, 5) is 2.62. The molecular weight excluding hydrogens is 282 g/mol. The van der Waals surface area contributed by atoms with Crippen LogP contribution in [0.5, 0.6) is 5.75 Å². The molecule has 3 rings (SSSR count). The number of piperidine rings is 1. The average Bonchev–Trinajstić information content (AvgIpc) is 2.63. The molecule has 0 spiro atoms. The van der Waals surface area contributed by atoms with E-state index in [1.54, 1.807) is 0 Å². The number of nitrogens with zero attached hydrogens (tertiary/aromatic N) is 1. The molecule has 1 saturated heterocycles. The molecule has 1 aliphatic rings. The molecule has 2 nitrogen and oxygen atoms in total. The molecule has 1 fully saturated rings. The van der Waals surface area contributed by atoms with Gasteiger partial charge in [-0.05, 0) is 68.6 Å². The highest BCUT2D eigenvalue weighted by Gasteiger charge is 2.09. The van der Waals surface area contributed by atoms with Crippen LogP contribution in [0.1, 0.15) is 36.8 Å². The summed E-state index contributed by atoms with van der Waals surface area (Å²) >= 11 is 0. The van der Waals surface area contributed by atoms with Crippen LogP contribution < -0.4 is 4.74 Å². The van der Waals surface area contributed by atoms with Crippen LogP contribution in [0, 0.1) is 0 Å². The molecular formula is C21H27NO. The van der Waals surface area contributed by atoms with Crippen molar-refractivity contribution in [1.82, 2.24) is 4.90 Å². The molecule has 0 saturated carbocycles. The van der Waals surface area contributed by atoms with Crippen molar-refractivity contribution in [2.75, 3.05) is 19.6 Å². The van der Waals surface area contributed by atoms with Gasteiger partial charge in [0, 0.05) is 0 Å². The minimum Gasteiger partial charge on any atom is -0.489 e. The van der Waals surface area contributed by atoms with Gasteiger partial charge in [0.25, 0.3) is 0 Å². The number of aryl methyl sites for hydroxylation is 1. The first-order valence-corrected chi connectivity index (χ1v) is 8.88. The van der Waals surface area contributed by atoms with Gasteiger partial charge in [0.05, 0.1) is 0 Å². The SMILES string of the molecule is c1ccc(OCc2ccc(CCCN3CCCCC3)cc2)cc1. The summed E-state index contributed by atoms with van der Waals surface area (Å²) in [6.45, 7) is 4.49. The third-order valence-corrected chi connectivity index (χ3v) is 4.56. The summed E-state index contributed by atoms with van der Waals surface area (Å²) in [5, 5.41) is 0. The van der Waals surface area contributed by atoms with Gasteiger partial charge >= 0.3 is 0 Å². The third kappa shape index (κ3) is 5.40. The second-order valence-corrected chi connectivity index (χ2v) is 6.42. The Bertz CT molecular complexity index is 558. The Morgan fingerprint density at radius 2 is 1.48 bits per heavy atom. The van der Waals surface area contributed by atoms with Crippen LogP contribution in [0.15, 0.2) is 54.6 Å². The zero-order valence-corrected chi connectivity index (χ0v) is 13.9. The first-order chi connectivity index (χ1) is 11.4. The van der Waals surface area contributed by atoms with Crippen LogP contribution in [0.2, 0.25) is 0 Å². The lowest BCUT2D eigenvalue weighted by molar-refractivity contribution is 0.226. The maximum absolute atomic E-state index is 5.79. The molecule has 0 N–H and O–H groups in total. The van der Waals surface area contributed by atoms with Crippen molar-refractivity contribution in [1.29, 1.82) is 0 Å². The lowest BCUT2D eigenvalue weighted by Gasteiger charge is -2.26. The maximum Gasteiger partial charge on any atom is 0.119 e. The van der Waals surface area contributed by atoms with Crippen LogP contribution in [0.25, 0.3) is 0 Å². The Balaban J connectivity index is 1.40. The Labute approximate surface area is 140 Å². The third-order valence-electron chi connectivity index (χ3n) is 4.56. The van der Waals surface area contributed by atoms with Crippen LogP contribution in [0.3, 0.4) is 0 Å². The molecule has 0 aromatic heterocycles. The fraction of sp³-hybridized carbons (Fsp3) is 0.429. The number of para-hydroxylation sites is 1. The van der Waals surface area contributed by atoms with Gasteiger partial charge < -0.3 is 9.64 Å². The summed E-state index contributed by atoms with van der Waals surface area (Å²) < 4.78 is 5.79. The summed E-state index contributed by atoms with van der Waals surface area (Å²) in [5.41, 5.74) is 2.67. The largest absolute Gasteiger partial charge is 0.489 e. The van der Waals surface area contributed by atoms with E-state index in [1.165, 1.54) is 62.9 Å². The van der Waals surface area contributed by atoms with E-state index in [0.29, 0.717) is 6.61 Å². The molecule has 1 aliphatic heterocycles. The Morgan fingerprint density at radius 1 is 0.783 bits per heavy atom. The van der Waals surface area contributed by atoms with Crippen molar-refractivity contribution in [2.45, 2.75) is 38.7 Å². The standard InChI is InChI=1S/C21H27NO/c1-3-9-21(10-4-1)23-18-20-13-11-19(12-14-20)8-7-17-22-15-5-2-6-16-22/h1,3-4,9-14H,2,5-8,15-18H2. The minimum absolute atomic E-state index is 0.637. The Kier molecular flexibility index (Phi) is 6.10. The molecule has 0 unspecified atom stereocenters. The summed E-state index contributed by atoms with van der Waals surface area (Å²) in [5.74, 6) is 0.929. The zero-order chi connectivity index (χ0) is 15.7. The first kappa shape index (κ1) is 16.1. The summed E-state index contributed by atoms with van der Waals surface area (Å²) in [6, 6.07) is 18.9. The molecule has 2 aromatic rings. The molecule has 0 aliphatic carbocycles. The fourth-order valence-corrected chi connectivity index (χ4v) is 3.18. The van der Waals surface area contributed by atoms with Crippen LogP contribution in [0.4, 0.5) is 0 Å². The molecule has 0 amide bonds. The van der Waals surface area contributed by atoms with Gasteiger partial charge in [-0.15, -0.1) is 0 Å². The molecule has 0 radical (unpaired) electrons. The van der Waals surface area contributed by atoms with Gasteiger partial charge in [-0.1, -0.05) is 48.9 Å². The van der Waals surface area contributed by atoms with E-state index in [4.69, 9.17) is 4.74 Å². The number of benzene rings is 2. The average molecular weight is 309 g/mol. The van der Waals surface area contributed by atoms with Crippen molar-refractivity contribution in [3.63, 3.8) is 0 Å². The van der Waals surface area contributed by atoms with Gasteiger partial charge in [-0.3, -0.25) is 0 Å². The molecule has 0 atom stereocenters. The van der Waals surface area contributed by atoms with Crippen LogP contribution in [-0.2, 0) is 13.0 Å². The van der Waals surface area contributed by atoms with Crippen molar-refractivity contribution >= 4 is 0 Å². The van der Waals surface area contributed by atoms with Crippen molar-refractivity contribution in [2.24, 2.45) is 0 Å². The van der Waals surface area contributed by atoms with Crippen LogP contribution >= 0.6 is 0 Å². The molecule has 2 heteroatoms. The number of hydrogen-bond donors (Lipinski definition) is 0. The molecule has 2 aromatic carbocycles. The lowest BCUT2D eigenvalue weighted by Crippen LogP contribution is -2.30. The van der Waals surface area contributed by atoms with E-state index in [-0.39, 0.29) is 0 Å². The predicted molar refractivity (Wildman–Crippen MR) is 95.8 cm³/mol. The van der Waals surface area contributed by atoms with E-state index in [1.807, 2.05) is 30.3 Å². The van der Waals surface area contributed by atoms with Crippen LogP contribution in [-0.4, -0.2) is 24.5 Å². The number of ether oxygens (including phenoxy) is 1. The summed E-state index contributed by atoms with van der Waals surface area (Å²) in [7, 11) is 0. The highest BCUT2D eigenvalue weighted by Crippen LogP contribution is 2.14. The van der Waals surface area contributed by atoms with Crippen molar-refractivity contribution in [3.8, 4) is 5.75 Å². The Morgan fingerprint density at radius 3 is 2.22 bits per heavy atom. The van der Waals surface area contributed by atoms with Gasteiger partial charge in [0.1, 0.15) is 12.4 Å². The topological polar surface area (TPSA) is 12.5 Å². The van der Waals surface area contributed by atoms with E-state index < -0.39 is 0 Å².